The van der Waals surface area contributed by atoms with E-state index in [0.717, 1.165) is 33.5 Å². The van der Waals surface area contributed by atoms with Gasteiger partial charge in [0.1, 0.15) is 11.5 Å². The third-order valence-corrected chi connectivity index (χ3v) is 5.84. The van der Waals surface area contributed by atoms with E-state index in [1.54, 1.807) is 18.2 Å². The Balaban J connectivity index is 1.64. The van der Waals surface area contributed by atoms with E-state index in [1.165, 1.54) is 0 Å². The standard InChI is InChI=1S/C22H16BrClN2O2/c23-14-6-9-21-16(10-14)19-12-18(13-4-2-1-3-5-13)25-26(19)22(28-21)17-11-15(24)7-8-20(17)27/h1-11,19,22,27H,12H2/t19-,22+/m1/s1. The second kappa shape index (κ2) is 6.83. The van der Waals surface area contributed by atoms with E-state index in [0.29, 0.717) is 10.6 Å². The summed E-state index contributed by atoms with van der Waals surface area (Å²) in [7, 11) is 0. The number of rotatable bonds is 2. The number of phenols is 1. The van der Waals surface area contributed by atoms with Crippen molar-refractivity contribution in [2.24, 2.45) is 5.10 Å². The highest BCUT2D eigenvalue weighted by Gasteiger charge is 2.42. The van der Waals surface area contributed by atoms with Crippen molar-refractivity contribution in [2.75, 3.05) is 0 Å². The fourth-order valence-corrected chi connectivity index (χ4v) is 4.35. The van der Waals surface area contributed by atoms with Gasteiger partial charge in [0.2, 0.25) is 6.23 Å². The predicted octanol–water partition coefficient (Wildman–Crippen LogP) is 6.05. The quantitative estimate of drug-likeness (QED) is 0.511. The van der Waals surface area contributed by atoms with Crippen molar-refractivity contribution in [1.29, 1.82) is 0 Å². The van der Waals surface area contributed by atoms with Crippen molar-refractivity contribution in [3.05, 3.63) is 92.9 Å². The van der Waals surface area contributed by atoms with Crippen molar-refractivity contribution >= 4 is 33.2 Å². The lowest BCUT2D eigenvalue weighted by Gasteiger charge is -2.38. The monoisotopic (exact) mass is 454 g/mol. The van der Waals surface area contributed by atoms with Gasteiger partial charge in [-0.2, -0.15) is 5.10 Å². The molecule has 0 unspecified atom stereocenters. The maximum absolute atomic E-state index is 10.5. The summed E-state index contributed by atoms with van der Waals surface area (Å²) >= 11 is 9.76. The summed E-state index contributed by atoms with van der Waals surface area (Å²) in [6, 6.07) is 21.1. The number of phenolic OH excluding ortho intramolecular Hbond substituents is 1. The minimum absolute atomic E-state index is 0.0137. The van der Waals surface area contributed by atoms with Crippen LogP contribution in [0.2, 0.25) is 5.02 Å². The number of aromatic hydroxyl groups is 1. The first kappa shape index (κ1) is 17.6. The van der Waals surface area contributed by atoms with Gasteiger partial charge in [0.15, 0.2) is 0 Å². The van der Waals surface area contributed by atoms with Crippen LogP contribution in [-0.4, -0.2) is 15.8 Å². The van der Waals surface area contributed by atoms with E-state index >= 15 is 0 Å². The number of hydrazone groups is 1. The van der Waals surface area contributed by atoms with Crippen molar-refractivity contribution in [2.45, 2.75) is 18.7 Å². The molecule has 0 spiro atoms. The van der Waals surface area contributed by atoms with Gasteiger partial charge < -0.3 is 9.84 Å². The van der Waals surface area contributed by atoms with Gasteiger partial charge in [-0.05, 0) is 42.0 Å². The van der Waals surface area contributed by atoms with E-state index in [2.05, 4.69) is 34.1 Å². The molecule has 6 heteroatoms. The van der Waals surface area contributed by atoms with Crippen molar-refractivity contribution in [3.8, 4) is 11.5 Å². The van der Waals surface area contributed by atoms with E-state index in [9.17, 15) is 5.11 Å². The third-order valence-electron chi connectivity index (χ3n) is 5.11. The van der Waals surface area contributed by atoms with Gasteiger partial charge in [-0.25, -0.2) is 5.01 Å². The van der Waals surface area contributed by atoms with Gasteiger partial charge in [0, 0.05) is 21.5 Å². The molecule has 4 nitrogen and oxygen atoms in total. The molecule has 0 saturated carbocycles. The van der Waals surface area contributed by atoms with Crippen LogP contribution in [0.1, 0.15) is 35.4 Å². The van der Waals surface area contributed by atoms with Crippen molar-refractivity contribution in [1.82, 2.24) is 5.01 Å². The van der Waals surface area contributed by atoms with Gasteiger partial charge in [-0.15, -0.1) is 0 Å². The summed E-state index contributed by atoms with van der Waals surface area (Å²) in [4.78, 5) is 0. The molecule has 0 aliphatic carbocycles. The number of hydrogen-bond donors (Lipinski definition) is 1. The molecule has 2 aliphatic rings. The Morgan fingerprint density at radius 1 is 1.04 bits per heavy atom. The molecule has 28 heavy (non-hydrogen) atoms. The molecule has 3 aromatic carbocycles. The second-order valence-corrected chi connectivity index (χ2v) is 8.22. The number of halogens is 2. The zero-order valence-corrected chi connectivity index (χ0v) is 17.1. The van der Waals surface area contributed by atoms with Gasteiger partial charge in [0.25, 0.3) is 0 Å². The Hall–Kier alpha value is -2.50. The summed E-state index contributed by atoms with van der Waals surface area (Å²) in [5.74, 6) is 0.926. The van der Waals surface area contributed by atoms with Crippen LogP contribution in [0.5, 0.6) is 11.5 Å². The molecular formula is C22H16BrClN2O2. The molecule has 0 fully saturated rings. The molecule has 2 aliphatic heterocycles. The zero-order valence-electron chi connectivity index (χ0n) is 14.7. The molecule has 2 heterocycles. The molecule has 2 atom stereocenters. The number of nitrogens with zero attached hydrogens (tertiary/aromatic N) is 2. The zero-order chi connectivity index (χ0) is 19.3. The Morgan fingerprint density at radius 2 is 1.86 bits per heavy atom. The van der Waals surface area contributed by atoms with Crippen molar-refractivity contribution < 1.29 is 9.84 Å². The topological polar surface area (TPSA) is 45.1 Å². The van der Waals surface area contributed by atoms with Crippen LogP contribution in [0.3, 0.4) is 0 Å². The summed E-state index contributed by atoms with van der Waals surface area (Å²) in [6.07, 6.45) is 0.202. The number of benzene rings is 3. The number of fused-ring (bicyclic) bond motifs is 3. The average Bonchev–Trinajstić information content (AvgIpc) is 3.16. The fraction of sp³-hybridized carbons (Fsp3) is 0.136. The molecule has 0 saturated heterocycles. The minimum atomic E-state index is -0.557. The maximum atomic E-state index is 10.5. The van der Waals surface area contributed by atoms with E-state index < -0.39 is 6.23 Å². The average molecular weight is 456 g/mol. The first-order valence-corrected chi connectivity index (χ1v) is 10.1. The lowest BCUT2D eigenvalue weighted by Crippen LogP contribution is -2.33. The van der Waals surface area contributed by atoms with E-state index in [4.69, 9.17) is 21.4 Å². The summed E-state index contributed by atoms with van der Waals surface area (Å²) < 4.78 is 7.28. The summed E-state index contributed by atoms with van der Waals surface area (Å²) in [5.41, 5.74) is 3.75. The van der Waals surface area contributed by atoms with Gasteiger partial charge >= 0.3 is 0 Å². The van der Waals surface area contributed by atoms with Crippen molar-refractivity contribution in [3.63, 3.8) is 0 Å². The Labute approximate surface area is 176 Å². The highest BCUT2D eigenvalue weighted by molar-refractivity contribution is 9.10. The summed E-state index contributed by atoms with van der Waals surface area (Å²) in [6.45, 7) is 0. The van der Waals surface area contributed by atoms with Gasteiger partial charge in [-0.3, -0.25) is 0 Å². The lowest BCUT2D eigenvalue weighted by atomic mass is 9.96. The van der Waals surface area contributed by atoms with Crippen LogP contribution in [0, 0.1) is 0 Å². The Kier molecular flexibility index (Phi) is 4.29. The SMILES string of the molecule is Oc1ccc(Cl)cc1[C@@H]1Oc2ccc(Br)cc2[C@H]2CC(c3ccccc3)=NN21. The molecule has 5 rings (SSSR count). The molecular weight excluding hydrogens is 440 g/mol. The fourth-order valence-electron chi connectivity index (χ4n) is 3.79. The van der Waals surface area contributed by atoms with Crippen LogP contribution in [0.4, 0.5) is 0 Å². The van der Waals surface area contributed by atoms with Crippen LogP contribution < -0.4 is 4.74 Å². The second-order valence-electron chi connectivity index (χ2n) is 6.87. The number of hydrogen-bond acceptors (Lipinski definition) is 4. The van der Waals surface area contributed by atoms with Crippen LogP contribution in [0.25, 0.3) is 0 Å². The molecule has 0 bridgehead atoms. The highest BCUT2D eigenvalue weighted by Crippen LogP contribution is 2.49. The molecule has 1 N–H and O–H groups in total. The molecule has 0 radical (unpaired) electrons. The maximum Gasteiger partial charge on any atom is 0.217 e. The smallest absolute Gasteiger partial charge is 0.217 e. The Bertz CT molecular complexity index is 1090. The first-order chi connectivity index (χ1) is 13.6. The first-order valence-electron chi connectivity index (χ1n) is 8.96. The highest BCUT2D eigenvalue weighted by atomic mass is 79.9. The van der Waals surface area contributed by atoms with Gasteiger partial charge in [0.05, 0.1) is 17.3 Å². The molecule has 0 amide bonds. The van der Waals surface area contributed by atoms with Gasteiger partial charge in [-0.1, -0.05) is 57.9 Å². The Morgan fingerprint density at radius 3 is 2.68 bits per heavy atom. The molecule has 3 aromatic rings. The normalized spacial score (nSPS) is 20.2. The summed E-state index contributed by atoms with van der Waals surface area (Å²) in [5, 5.41) is 17.8. The minimum Gasteiger partial charge on any atom is -0.507 e. The van der Waals surface area contributed by atoms with Crippen LogP contribution in [-0.2, 0) is 0 Å². The third kappa shape index (κ3) is 2.95. The molecule has 140 valence electrons. The van der Waals surface area contributed by atoms with E-state index in [1.807, 2.05) is 35.3 Å². The van der Waals surface area contributed by atoms with E-state index in [-0.39, 0.29) is 11.8 Å². The van der Waals surface area contributed by atoms with Crippen LogP contribution in [0.15, 0.2) is 76.3 Å². The number of ether oxygens (including phenoxy) is 1. The largest absolute Gasteiger partial charge is 0.507 e. The predicted molar refractivity (Wildman–Crippen MR) is 113 cm³/mol. The van der Waals surface area contributed by atoms with Crippen LogP contribution >= 0.6 is 27.5 Å². The lowest BCUT2D eigenvalue weighted by molar-refractivity contribution is -0.0203. The molecule has 0 aromatic heterocycles.